The van der Waals surface area contributed by atoms with E-state index in [0.29, 0.717) is 10.2 Å². The molecule has 13 heavy (non-hydrogen) atoms. The maximum atomic E-state index is 11.8. The number of Topliss-reactive ketones (excluding diaryl/α,β-unsaturated/α-hetero) is 1. The second-order valence-electron chi connectivity index (χ2n) is 2.97. The SMILES string of the molecule is O=C(c1ccoc1Br)C1CCCS1. The molecule has 0 spiro atoms. The summed E-state index contributed by atoms with van der Waals surface area (Å²) in [5, 5.41) is 0.147. The molecular weight excluding hydrogens is 252 g/mol. The Labute approximate surface area is 89.2 Å². The van der Waals surface area contributed by atoms with Gasteiger partial charge in [0.15, 0.2) is 10.5 Å². The number of carbonyl (C=O) groups is 1. The zero-order valence-electron chi connectivity index (χ0n) is 6.96. The molecule has 1 fully saturated rings. The molecular formula is C9H9BrO2S. The molecule has 1 aromatic heterocycles. The van der Waals surface area contributed by atoms with Crippen LogP contribution in [0.3, 0.4) is 0 Å². The van der Waals surface area contributed by atoms with Gasteiger partial charge < -0.3 is 4.42 Å². The molecule has 0 N–H and O–H groups in total. The highest BCUT2D eigenvalue weighted by molar-refractivity contribution is 9.10. The molecule has 70 valence electrons. The maximum Gasteiger partial charge on any atom is 0.180 e. The van der Waals surface area contributed by atoms with Crippen molar-refractivity contribution >= 4 is 33.5 Å². The van der Waals surface area contributed by atoms with Crippen LogP contribution in [0.2, 0.25) is 0 Å². The van der Waals surface area contributed by atoms with E-state index in [1.165, 1.54) is 6.26 Å². The Hall–Kier alpha value is -0.220. The average Bonchev–Trinajstić information content (AvgIpc) is 2.72. The largest absolute Gasteiger partial charge is 0.457 e. The highest BCUT2D eigenvalue weighted by atomic mass is 79.9. The molecule has 1 aliphatic rings. The lowest BCUT2D eigenvalue weighted by Crippen LogP contribution is -2.13. The van der Waals surface area contributed by atoms with Crippen molar-refractivity contribution < 1.29 is 9.21 Å². The Morgan fingerprint density at radius 2 is 2.54 bits per heavy atom. The van der Waals surface area contributed by atoms with Gasteiger partial charge in [0, 0.05) is 0 Å². The number of rotatable bonds is 2. The van der Waals surface area contributed by atoms with Crippen molar-refractivity contribution in [1.82, 2.24) is 0 Å². The Bertz CT molecular complexity index is 315. The highest BCUT2D eigenvalue weighted by Gasteiger charge is 2.26. The van der Waals surface area contributed by atoms with Crippen molar-refractivity contribution in [2.45, 2.75) is 18.1 Å². The third kappa shape index (κ3) is 1.83. The van der Waals surface area contributed by atoms with E-state index < -0.39 is 0 Å². The summed E-state index contributed by atoms with van der Waals surface area (Å²) in [4.78, 5) is 11.8. The first-order valence-corrected chi connectivity index (χ1v) is 6.02. The Balaban J connectivity index is 2.17. The standard InChI is InChI=1S/C9H9BrO2S/c10-9-6(3-4-12-9)8(11)7-2-1-5-13-7/h3-4,7H,1-2,5H2. The van der Waals surface area contributed by atoms with E-state index in [1.54, 1.807) is 17.8 Å². The van der Waals surface area contributed by atoms with Gasteiger partial charge in [-0.1, -0.05) is 0 Å². The Kier molecular flexibility index (Phi) is 2.79. The van der Waals surface area contributed by atoms with Crippen LogP contribution in [0.1, 0.15) is 23.2 Å². The topological polar surface area (TPSA) is 30.2 Å². The van der Waals surface area contributed by atoms with Gasteiger partial charge in [0.25, 0.3) is 0 Å². The summed E-state index contributed by atoms with van der Waals surface area (Å²) >= 11 is 4.96. The minimum Gasteiger partial charge on any atom is -0.457 e. The molecule has 0 saturated carbocycles. The second kappa shape index (κ2) is 3.88. The van der Waals surface area contributed by atoms with Gasteiger partial charge in [-0.05, 0) is 40.6 Å². The zero-order valence-corrected chi connectivity index (χ0v) is 9.36. The van der Waals surface area contributed by atoms with E-state index in [4.69, 9.17) is 4.42 Å². The van der Waals surface area contributed by atoms with Crippen molar-refractivity contribution in [3.63, 3.8) is 0 Å². The molecule has 1 aromatic rings. The van der Waals surface area contributed by atoms with E-state index in [-0.39, 0.29) is 11.0 Å². The van der Waals surface area contributed by atoms with Crippen LogP contribution in [0.15, 0.2) is 21.4 Å². The van der Waals surface area contributed by atoms with Crippen LogP contribution in [-0.4, -0.2) is 16.8 Å². The van der Waals surface area contributed by atoms with Gasteiger partial charge in [-0.15, -0.1) is 0 Å². The fraction of sp³-hybridized carbons (Fsp3) is 0.444. The van der Waals surface area contributed by atoms with Gasteiger partial charge in [0.1, 0.15) is 0 Å². The first-order chi connectivity index (χ1) is 6.29. The number of halogens is 1. The van der Waals surface area contributed by atoms with Crippen LogP contribution in [-0.2, 0) is 0 Å². The summed E-state index contributed by atoms with van der Waals surface area (Å²) in [6.45, 7) is 0. The third-order valence-corrected chi connectivity index (χ3v) is 4.10. The van der Waals surface area contributed by atoms with Gasteiger partial charge in [-0.2, -0.15) is 11.8 Å². The number of hydrogen-bond acceptors (Lipinski definition) is 3. The summed E-state index contributed by atoms with van der Waals surface area (Å²) in [7, 11) is 0. The highest BCUT2D eigenvalue weighted by Crippen LogP contribution is 2.31. The zero-order chi connectivity index (χ0) is 9.26. The van der Waals surface area contributed by atoms with E-state index in [0.717, 1.165) is 18.6 Å². The molecule has 1 aliphatic heterocycles. The van der Waals surface area contributed by atoms with Gasteiger partial charge in [-0.25, -0.2) is 0 Å². The molecule has 0 radical (unpaired) electrons. The lowest BCUT2D eigenvalue weighted by molar-refractivity contribution is 0.0987. The van der Waals surface area contributed by atoms with E-state index in [2.05, 4.69) is 15.9 Å². The number of hydrogen-bond donors (Lipinski definition) is 0. The maximum absolute atomic E-state index is 11.8. The van der Waals surface area contributed by atoms with Gasteiger partial charge in [0.05, 0.1) is 17.1 Å². The molecule has 0 aromatic carbocycles. The van der Waals surface area contributed by atoms with Crippen LogP contribution in [0.25, 0.3) is 0 Å². The molecule has 0 aliphatic carbocycles. The van der Waals surface area contributed by atoms with Crippen molar-refractivity contribution in [3.05, 3.63) is 22.6 Å². The monoisotopic (exact) mass is 260 g/mol. The minimum atomic E-state index is 0.147. The Morgan fingerprint density at radius 3 is 3.08 bits per heavy atom. The third-order valence-electron chi connectivity index (χ3n) is 2.11. The Morgan fingerprint density at radius 1 is 1.69 bits per heavy atom. The quantitative estimate of drug-likeness (QED) is 0.766. The lowest BCUT2D eigenvalue weighted by Gasteiger charge is -2.04. The number of carbonyl (C=O) groups excluding carboxylic acids is 1. The summed E-state index contributed by atoms with van der Waals surface area (Å²) < 4.78 is 5.59. The first kappa shape index (κ1) is 9.34. The van der Waals surface area contributed by atoms with E-state index in [1.807, 2.05) is 0 Å². The number of furan rings is 1. The number of thioether (sulfide) groups is 1. The summed E-state index contributed by atoms with van der Waals surface area (Å²) in [6, 6.07) is 1.73. The van der Waals surface area contributed by atoms with Gasteiger partial charge >= 0.3 is 0 Å². The van der Waals surface area contributed by atoms with Gasteiger partial charge in [-0.3, -0.25) is 4.79 Å². The van der Waals surface area contributed by atoms with E-state index in [9.17, 15) is 4.79 Å². The smallest absolute Gasteiger partial charge is 0.180 e. The van der Waals surface area contributed by atoms with Crippen molar-refractivity contribution in [2.75, 3.05) is 5.75 Å². The predicted octanol–water partition coefficient (Wildman–Crippen LogP) is 3.12. The minimum absolute atomic E-state index is 0.147. The predicted molar refractivity (Wildman–Crippen MR) is 56.2 cm³/mol. The van der Waals surface area contributed by atoms with Crippen molar-refractivity contribution in [3.8, 4) is 0 Å². The van der Waals surface area contributed by atoms with Crippen LogP contribution >= 0.6 is 27.7 Å². The lowest BCUT2D eigenvalue weighted by atomic mass is 10.1. The van der Waals surface area contributed by atoms with Crippen LogP contribution in [0.4, 0.5) is 0 Å². The fourth-order valence-corrected chi connectivity index (χ4v) is 3.09. The molecule has 0 amide bonds. The summed E-state index contributed by atoms with van der Waals surface area (Å²) in [6.07, 6.45) is 3.69. The number of ketones is 1. The van der Waals surface area contributed by atoms with Gasteiger partial charge in [0.2, 0.25) is 0 Å². The first-order valence-electron chi connectivity index (χ1n) is 4.18. The molecule has 2 nitrogen and oxygen atoms in total. The van der Waals surface area contributed by atoms with Crippen molar-refractivity contribution in [2.24, 2.45) is 0 Å². The normalized spacial score (nSPS) is 22.1. The average molecular weight is 261 g/mol. The van der Waals surface area contributed by atoms with E-state index >= 15 is 0 Å². The molecule has 1 saturated heterocycles. The molecule has 0 bridgehead atoms. The summed E-state index contributed by atoms with van der Waals surface area (Å²) in [5.41, 5.74) is 0.680. The molecule has 2 rings (SSSR count). The molecule has 2 heterocycles. The molecule has 1 atom stereocenters. The van der Waals surface area contributed by atoms with Crippen LogP contribution in [0, 0.1) is 0 Å². The molecule has 1 unspecified atom stereocenters. The van der Waals surface area contributed by atoms with Crippen LogP contribution in [0.5, 0.6) is 0 Å². The van der Waals surface area contributed by atoms with Crippen molar-refractivity contribution in [1.29, 1.82) is 0 Å². The molecule has 4 heteroatoms. The van der Waals surface area contributed by atoms with Crippen LogP contribution < -0.4 is 0 Å². The fourth-order valence-electron chi connectivity index (χ4n) is 1.43. The summed E-state index contributed by atoms with van der Waals surface area (Å²) in [5.74, 6) is 1.30. The second-order valence-corrected chi connectivity index (χ2v) is 5.00.